The van der Waals surface area contributed by atoms with E-state index in [2.05, 4.69) is 46.1 Å². The van der Waals surface area contributed by atoms with Crippen molar-refractivity contribution in [2.24, 2.45) is 5.73 Å². The van der Waals surface area contributed by atoms with Crippen LogP contribution in [0.3, 0.4) is 0 Å². The van der Waals surface area contributed by atoms with Gasteiger partial charge in [0.2, 0.25) is 0 Å². The fraction of sp³-hybridized carbons (Fsp3) is 0.400. The third-order valence-corrected chi connectivity index (χ3v) is 2.94. The number of hydrogen-bond acceptors (Lipinski definition) is 2. The summed E-state index contributed by atoms with van der Waals surface area (Å²) in [6, 6.07) is 10.8. The van der Waals surface area contributed by atoms with E-state index in [4.69, 9.17) is 5.73 Å². The first kappa shape index (κ1) is 12.8. The monoisotopic (exact) mass is 243 g/mol. The Kier molecular flexibility index (Phi) is 4.53. The molecule has 0 bridgehead atoms. The van der Waals surface area contributed by atoms with Crippen molar-refractivity contribution in [1.29, 1.82) is 0 Å². The van der Waals surface area contributed by atoms with Crippen molar-refractivity contribution in [3.63, 3.8) is 0 Å². The lowest BCUT2D eigenvalue weighted by molar-refractivity contribution is 0.640. The number of aryl methyl sites for hydroxylation is 2. The summed E-state index contributed by atoms with van der Waals surface area (Å²) >= 11 is 0. The SMILES string of the molecule is CC(N)Cc1cn(CCCc2ccccc2)cn1. The highest BCUT2D eigenvalue weighted by atomic mass is 15.0. The van der Waals surface area contributed by atoms with Crippen molar-refractivity contribution in [2.75, 3.05) is 0 Å². The molecule has 1 aromatic carbocycles. The van der Waals surface area contributed by atoms with Crippen LogP contribution in [0, 0.1) is 0 Å². The zero-order valence-corrected chi connectivity index (χ0v) is 10.9. The summed E-state index contributed by atoms with van der Waals surface area (Å²) in [7, 11) is 0. The predicted molar refractivity (Wildman–Crippen MR) is 74.3 cm³/mol. The summed E-state index contributed by atoms with van der Waals surface area (Å²) in [5.74, 6) is 0. The van der Waals surface area contributed by atoms with Crippen molar-refractivity contribution >= 4 is 0 Å². The van der Waals surface area contributed by atoms with Crippen molar-refractivity contribution in [3.05, 3.63) is 54.1 Å². The number of hydrogen-bond donors (Lipinski definition) is 1. The predicted octanol–water partition coefficient (Wildman–Crippen LogP) is 2.41. The van der Waals surface area contributed by atoms with Crippen LogP contribution in [0.15, 0.2) is 42.9 Å². The zero-order valence-electron chi connectivity index (χ0n) is 10.9. The van der Waals surface area contributed by atoms with E-state index in [1.807, 2.05) is 13.3 Å². The van der Waals surface area contributed by atoms with E-state index in [0.717, 1.165) is 31.5 Å². The molecule has 1 atom stereocenters. The molecule has 2 N–H and O–H groups in total. The summed E-state index contributed by atoms with van der Waals surface area (Å²) in [5, 5.41) is 0. The van der Waals surface area contributed by atoms with Gasteiger partial charge in [-0.3, -0.25) is 0 Å². The fourth-order valence-corrected chi connectivity index (χ4v) is 2.07. The normalized spacial score (nSPS) is 12.6. The van der Waals surface area contributed by atoms with E-state index < -0.39 is 0 Å². The number of benzene rings is 1. The van der Waals surface area contributed by atoms with Gasteiger partial charge in [-0.25, -0.2) is 4.98 Å². The van der Waals surface area contributed by atoms with Crippen LogP contribution in [0.2, 0.25) is 0 Å². The summed E-state index contributed by atoms with van der Waals surface area (Å²) in [5.41, 5.74) is 8.24. The molecule has 2 rings (SSSR count). The van der Waals surface area contributed by atoms with Crippen molar-refractivity contribution in [1.82, 2.24) is 9.55 Å². The van der Waals surface area contributed by atoms with Crippen LogP contribution in [-0.4, -0.2) is 15.6 Å². The van der Waals surface area contributed by atoms with Crippen molar-refractivity contribution in [2.45, 2.75) is 38.8 Å². The zero-order chi connectivity index (χ0) is 12.8. The second-order valence-electron chi connectivity index (χ2n) is 4.87. The van der Waals surface area contributed by atoms with Crippen LogP contribution in [0.4, 0.5) is 0 Å². The second kappa shape index (κ2) is 6.36. The average Bonchev–Trinajstić information content (AvgIpc) is 2.77. The molecule has 0 aliphatic rings. The minimum atomic E-state index is 0.178. The molecule has 0 radical (unpaired) electrons. The maximum atomic E-state index is 5.76. The number of imidazole rings is 1. The van der Waals surface area contributed by atoms with Gasteiger partial charge in [-0.1, -0.05) is 30.3 Å². The standard InChI is InChI=1S/C15H21N3/c1-13(16)10-15-11-18(12-17-15)9-5-8-14-6-3-2-4-7-14/h2-4,6-7,11-13H,5,8-10,16H2,1H3. The number of nitrogens with zero attached hydrogens (tertiary/aromatic N) is 2. The van der Waals surface area contributed by atoms with Crippen molar-refractivity contribution < 1.29 is 0 Å². The quantitative estimate of drug-likeness (QED) is 0.846. The maximum Gasteiger partial charge on any atom is 0.0949 e. The Balaban J connectivity index is 1.78. The Hall–Kier alpha value is -1.61. The third kappa shape index (κ3) is 4.00. The molecule has 1 heterocycles. The smallest absolute Gasteiger partial charge is 0.0949 e. The van der Waals surface area contributed by atoms with E-state index in [-0.39, 0.29) is 6.04 Å². The lowest BCUT2D eigenvalue weighted by Gasteiger charge is -2.03. The van der Waals surface area contributed by atoms with Crippen molar-refractivity contribution in [3.8, 4) is 0 Å². The van der Waals surface area contributed by atoms with Gasteiger partial charge in [0.25, 0.3) is 0 Å². The van der Waals surface area contributed by atoms with Gasteiger partial charge in [-0.2, -0.15) is 0 Å². The molecular formula is C15H21N3. The van der Waals surface area contributed by atoms with E-state index in [0.29, 0.717) is 0 Å². The Morgan fingerprint density at radius 1 is 1.28 bits per heavy atom. The minimum Gasteiger partial charge on any atom is -0.337 e. The van der Waals surface area contributed by atoms with Crippen LogP contribution in [0.25, 0.3) is 0 Å². The number of rotatable bonds is 6. The number of nitrogens with two attached hydrogens (primary N) is 1. The van der Waals surface area contributed by atoms with Crippen LogP contribution in [-0.2, 0) is 19.4 Å². The van der Waals surface area contributed by atoms with Gasteiger partial charge in [0, 0.05) is 25.2 Å². The first-order valence-electron chi connectivity index (χ1n) is 6.54. The van der Waals surface area contributed by atoms with E-state index in [1.54, 1.807) is 0 Å². The fourth-order valence-electron chi connectivity index (χ4n) is 2.07. The Bertz CT molecular complexity index is 460. The van der Waals surface area contributed by atoms with Crippen LogP contribution >= 0.6 is 0 Å². The molecule has 2 aromatic rings. The van der Waals surface area contributed by atoms with Gasteiger partial charge >= 0.3 is 0 Å². The summed E-state index contributed by atoms with van der Waals surface area (Å²) in [4.78, 5) is 4.36. The molecular weight excluding hydrogens is 222 g/mol. The average molecular weight is 243 g/mol. The van der Waals surface area contributed by atoms with Crippen LogP contribution in [0.5, 0.6) is 0 Å². The molecule has 0 spiro atoms. The minimum absolute atomic E-state index is 0.178. The van der Waals surface area contributed by atoms with E-state index >= 15 is 0 Å². The van der Waals surface area contributed by atoms with Gasteiger partial charge < -0.3 is 10.3 Å². The molecule has 0 saturated heterocycles. The molecule has 3 nitrogen and oxygen atoms in total. The molecule has 0 saturated carbocycles. The summed E-state index contributed by atoms with van der Waals surface area (Å²) in [6.07, 6.45) is 7.11. The molecule has 1 aromatic heterocycles. The highest BCUT2D eigenvalue weighted by molar-refractivity contribution is 5.14. The molecule has 0 aliphatic carbocycles. The largest absolute Gasteiger partial charge is 0.337 e. The third-order valence-electron chi connectivity index (χ3n) is 2.94. The van der Waals surface area contributed by atoms with E-state index in [9.17, 15) is 0 Å². The van der Waals surface area contributed by atoms with Gasteiger partial charge in [0.05, 0.1) is 12.0 Å². The van der Waals surface area contributed by atoms with Gasteiger partial charge in [0.1, 0.15) is 0 Å². The molecule has 0 aliphatic heterocycles. The highest BCUT2D eigenvalue weighted by Gasteiger charge is 2.02. The van der Waals surface area contributed by atoms with Crippen LogP contribution in [0.1, 0.15) is 24.6 Å². The first-order valence-corrected chi connectivity index (χ1v) is 6.54. The molecule has 0 fully saturated rings. The maximum absolute atomic E-state index is 5.76. The van der Waals surface area contributed by atoms with Gasteiger partial charge in [-0.15, -0.1) is 0 Å². The summed E-state index contributed by atoms with van der Waals surface area (Å²) < 4.78 is 2.15. The lowest BCUT2D eigenvalue weighted by atomic mass is 10.1. The Morgan fingerprint density at radius 3 is 2.78 bits per heavy atom. The Morgan fingerprint density at radius 2 is 2.06 bits per heavy atom. The van der Waals surface area contributed by atoms with E-state index in [1.165, 1.54) is 5.56 Å². The lowest BCUT2D eigenvalue weighted by Crippen LogP contribution is -2.17. The molecule has 0 amide bonds. The molecule has 3 heteroatoms. The molecule has 1 unspecified atom stereocenters. The van der Waals surface area contributed by atoms with Gasteiger partial charge in [-0.05, 0) is 25.3 Å². The molecule has 96 valence electrons. The van der Waals surface area contributed by atoms with Crippen LogP contribution < -0.4 is 5.73 Å². The Labute approximate surface area is 109 Å². The topological polar surface area (TPSA) is 43.8 Å². The first-order chi connectivity index (χ1) is 8.74. The second-order valence-corrected chi connectivity index (χ2v) is 4.87. The summed E-state index contributed by atoms with van der Waals surface area (Å²) in [6.45, 7) is 3.02. The van der Waals surface area contributed by atoms with Gasteiger partial charge in [0.15, 0.2) is 0 Å². The number of aromatic nitrogens is 2. The highest BCUT2D eigenvalue weighted by Crippen LogP contribution is 2.05. The molecule has 18 heavy (non-hydrogen) atoms.